The number of hydrogen-bond acceptors (Lipinski definition) is 5. The van der Waals surface area contributed by atoms with Gasteiger partial charge in [0.05, 0.1) is 5.92 Å². The van der Waals surface area contributed by atoms with E-state index in [4.69, 9.17) is 19.4 Å². The standard InChI is InChI=1S/C49H31N3OS/c1-2-12-30(13-3-1)33-16-10-17-34(26-33)36-28-40(46-38-19-7-9-23-43(38)54-44(46)29-36)49-51-47(35-25-24-31-14-4-5-15-32(31)27-35)50-48(52-49)39-20-11-22-42-45(39)37-18-6-8-21-41(37)53-42/h1-27,29,40H,28H2. The fourth-order valence-electron chi connectivity index (χ4n) is 8.13. The molecule has 0 radical (unpaired) electrons. The monoisotopic (exact) mass is 709 g/mol. The van der Waals surface area contributed by atoms with Gasteiger partial charge in [-0.25, -0.2) is 15.0 Å². The minimum absolute atomic E-state index is 0.0993. The van der Waals surface area contributed by atoms with E-state index in [9.17, 15) is 0 Å². The Morgan fingerprint density at radius 1 is 0.519 bits per heavy atom. The van der Waals surface area contributed by atoms with Gasteiger partial charge < -0.3 is 4.42 Å². The van der Waals surface area contributed by atoms with E-state index in [2.05, 4.69) is 146 Å². The van der Waals surface area contributed by atoms with E-state index in [1.807, 2.05) is 35.6 Å². The van der Waals surface area contributed by atoms with Crippen LogP contribution in [0.1, 0.15) is 34.2 Å². The van der Waals surface area contributed by atoms with Crippen LogP contribution in [-0.2, 0) is 0 Å². The summed E-state index contributed by atoms with van der Waals surface area (Å²) in [5.74, 6) is 1.97. The summed E-state index contributed by atoms with van der Waals surface area (Å²) < 4.78 is 7.60. The summed E-state index contributed by atoms with van der Waals surface area (Å²) in [5.41, 5.74) is 9.73. The van der Waals surface area contributed by atoms with Crippen LogP contribution in [0.15, 0.2) is 168 Å². The van der Waals surface area contributed by atoms with Crippen molar-refractivity contribution in [2.75, 3.05) is 0 Å². The highest BCUT2D eigenvalue weighted by Gasteiger charge is 2.31. The van der Waals surface area contributed by atoms with Gasteiger partial charge in [-0.3, -0.25) is 0 Å². The van der Waals surface area contributed by atoms with E-state index in [-0.39, 0.29) is 5.92 Å². The Morgan fingerprint density at radius 3 is 2.17 bits per heavy atom. The average molecular weight is 710 g/mol. The molecule has 1 aliphatic rings. The molecule has 54 heavy (non-hydrogen) atoms. The van der Waals surface area contributed by atoms with Crippen LogP contribution >= 0.6 is 11.3 Å². The molecule has 0 bridgehead atoms. The van der Waals surface area contributed by atoms with Gasteiger partial charge in [0.1, 0.15) is 17.0 Å². The topological polar surface area (TPSA) is 51.8 Å². The number of nitrogens with zero attached hydrogens (tertiary/aromatic N) is 3. The van der Waals surface area contributed by atoms with Gasteiger partial charge in [-0.15, -0.1) is 11.3 Å². The van der Waals surface area contributed by atoms with Crippen molar-refractivity contribution >= 4 is 65.8 Å². The third-order valence-corrected chi connectivity index (χ3v) is 11.8. The number of thiophene rings is 1. The van der Waals surface area contributed by atoms with Crippen molar-refractivity contribution in [1.29, 1.82) is 0 Å². The smallest absolute Gasteiger partial charge is 0.164 e. The Labute approximate surface area is 315 Å². The number of aromatic nitrogens is 3. The molecule has 1 atom stereocenters. The number of fused-ring (bicyclic) bond motifs is 7. The predicted molar refractivity (Wildman–Crippen MR) is 224 cm³/mol. The minimum Gasteiger partial charge on any atom is -0.456 e. The summed E-state index contributed by atoms with van der Waals surface area (Å²) in [4.78, 5) is 17.4. The fourth-order valence-corrected chi connectivity index (χ4v) is 9.36. The zero-order valence-corrected chi connectivity index (χ0v) is 29.9. The largest absolute Gasteiger partial charge is 0.456 e. The summed E-state index contributed by atoms with van der Waals surface area (Å²) in [6, 6.07) is 57.5. The lowest BCUT2D eigenvalue weighted by molar-refractivity contribution is 0.669. The summed E-state index contributed by atoms with van der Waals surface area (Å²) in [7, 11) is 0. The molecule has 3 aromatic heterocycles. The van der Waals surface area contributed by atoms with E-state index in [1.165, 1.54) is 48.2 Å². The molecule has 7 aromatic carbocycles. The van der Waals surface area contributed by atoms with E-state index in [1.54, 1.807) is 0 Å². The van der Waals surface area contributed by atoms with Crippen LogP contribution in [0.5, 0.6) is 0 Å². The van der Waals surface area contributed by atoms with Crippen molar-refractivity contribution in [3.63, 3.8) is 0 Å². The zero-order valence-electron chi connectivity index (χ0n) is 29.1. The van der Waals surface area contributed by atoms with Crippen LogP contribution < -0.4 is 0 Å². The van der Waals surface area contributed by atoms with Gasteiger partial charge in [0, 0.05) is 31.5 Å². The third kappa shape index (κ3) is 5.16. The zero-order chi connectivity index (χ0) is 35.6. The molecule has 4 nitrogen and oxygen atoms in total. The first kappa shape index (κ1) is 30.9. The first-order chi connectivity index (χ1) is 26.7. The Morgan fingerprint density at radius 2 is 1.24 bits per heavy atom. The second-order valence-electron chi connectivity index (χ2n) is 13.9. The lowest BCUT2D eigenvalue weighted by atomic mass is 9.82. The van der Waals surface area contributed by atoms with Crippen molar-refractivity contribution in [2.45, 2.75) is 12.3 Å². The highest BCUT2D eigenvalue weighted by molar-refractivity contribution is 7.20. The first-order valence-electron chi connectivity index (χ1n) is 18.3. The molecular formula is C49H31N3OS. The maximum absolute atomic E-state index is 6.34. The molecule has 1 unspecified atom stereocenters. The molecule has 11 rings (SSSR count). The van der Waals surface area contributed by atoms with Gasteiger partial charge in [0.2, 0.25) is 0 Å². The van der Waals surface area contributed by atoms with Gasteiger partial charge in [0.25, 0.3) is 0 Å². The van der Waals surface area contributed by atoms with E-state index < -0.39 is 0 Å². The molecule has 10 aromatic rings. The Hall–Kier alpha value is -6.69. The first-order valence-corrected chi connectivity index (χ1v) is 19.1. The van der Waals surface area contributed by atoms with Crippen molar-refractivity contribution in [1.82, 2.24) is 15.0 Å². The molecule has 0 spiro atoms. The third-order valence-electron chi connectivity index (χ3n) is 10.7. The lowest BCUT2D eigenvalue weighted by Crippen LogP contribution is -2.13. The molecular weight excluding hydrogens is 679 g/mol. The molecule has 0 fully saturated rings. The van der Waals surface area contributed by atoms with Gasteiger partial charge in [0.15, 0.2) is 11.6 Å². The van der Waals surface area contributed by atoms with Gasteiger partial charge >= 0.3 is 0 Å². The molecule has 5 heteroatoms. The number of benzene rings is 7. The highest BCUT2D eigenvalue weighted by Crippen LogP contribution is 2.48. The van der Waals surface area contributed by atoms with E-state index in [0.29, 0.717) is 11.6 Å². The van der Waals surface area contributed by atoms with Crippen molar-refractivity contribution < 1.29 is 4.42 Å². The minimum atomic E-state index is -0.0993. The highest BCUT2D eigenvalue weighted by atomic mass is 32.1. The number of furan rings is 1. The van der Waals surface area contributed by atoms with Crippen molar-refractivity contribution in [2.24, 2.45) is 0 Å². The molecule has 254 valence electrons. The molecule has 0 N–H and O–H groups in total. The van der Waals surface area contributed by atoms with Gasteiger partial charge in [-0.2, -0.15) is 0 Å². The van der Waals surface area contributed by atoms with Crippen LogP contribution in [0, 0.1) is 0 Å². The summed E-state index contributed by atoms with van der Waals surface area (Å²) in [6.45, 7) is 0. The average Bonchev–Trinajstić information content (AvgIpc) is 3.82. The summed E-state index contributed by atoms with van der Waals surface area (Å²) in [6.07, 6.45) is 3.15. The summed E-state index contributed by atoms with van der Waals surface area (Å²) >= 11 is 1.84. The van der Waals surface area contributed by atoms with Crippen LogP contribution in [0.25, 0.3) is 88.3 Å². The molecule has 3 heterocycles. The van der Waals surface area contributed by atoms with Gasteiger partial charge in [-0.05, 0) is 86.8 Å². The molecule has 0 saturated carbocycles. The second-order valence-corrected chi connectivity index (χ2v) is 15.0. The predicted octanol–water partition coefficient (Wildman–Crippen LogP) is 13.2. The molecule has 0 aliphatic heterocycles. The molecule has 0 saturated heterocycles. The van der Waals surface area contributed by atoms with Crippen LogP contribution in [0.3, 0.4) is 0 Å². The second kappa shape index (κ2) is 12.5. The molecule has 1 aliphatic carbocycles. The van der Waals surface area contributed by atoms with Crippen LogP contribution in [0.2, 0.25) is 0 Å². The Bertz CT molecular complexity index is 3100. The maximum Gasteiger partial charge on any atom is 0.164 e. The lowest BCUT2D eigenvalue weighted by Gasteiger charge is -2.24. The number of allylic oxidation sites excluding steroid dienone is 1. The normalized spacial score (nSPS) is 14.1. The Kier molecular flexibility index (Phi) is 7.13. The SMILES string of the molecule is C1=C(c2cccc(-c3ccccc3)c2)CC(c2nc(-c3ccc4ccccc4c3)nc(-c3cccc4oc5ccccc5c34)n2)c2c1sc1ccccc21. The van der Waals surface area contributed by atoms with Crippen LogP contribution in [0.4, 0.5) is 0 Å². The van der Waals surface area contributed by atoms with Gasteiger partial charge in [-0.1, -0.05) is 133 Å². The van der Waals surface area contributed by atoms with Crippen molar-refractivity contribution in [3.05, 3.63) is 186 Å². The van der Waals surface area contributed by atoms with E-state index >= 15 is 0 Å². The summed E-state index contributed by atoms with van der Waals surface area (Å²) in [5, 5.41) is 5.64. The van der Waals surface area contributed by atoms with E-state index in [0.717, 1.165) is 50.7 Å². The number of hydrogen-bond donors (Lipinski definition) is 0. The Balaban J connectivity index is 1.14. The van der Waals surface area contributed by atoms with Crippen molar-refractivity contribution in [3.8, 4) is 33.9 Å². The number of rotatable bonds is 5. The molecule has 0 amide bonds. The van der Waals surface area contributed by atoms with Crippen LogP contribution in [-0.4, -0.2) is 15.0 Å². The number of para-hydroxylation sites is 1. The fraction of sp³-hybridized carbons (Fsp3) is 0.0408. The maximum atomic E-state index is 6.34. The quantitative estimate of drug-likeness (QED) is 0.178.